The van der Waals surface area contributed by atoms with E-state index >= 15 is 0 Å². The number of methoxy groups -OCH3 is 1. The first-order chi connectivity index (χ1) is 35.3. The van der Waals surface area contributed by atoms with Gasteiger partial charge in [0.25, 0.3) is 11.8 Å². The highest BCUT2D eigenvalue weighted by Crippen LogP contribution is 2.38. The van der Waals surface area contributed by atoms with Gasteiger partial charge in [-0.3, -0.25) is 28.8 Å². The van der Waals surface area contributed by atoms with E-state index in [2.05, 4.69) is 43.6 Å². The van der Waals surface area contributed by atoms with Crippen LogP contribution in [0.15, 0.2) is 122 Å². The molecule has 2 heterocycles. The molecule has 0 aliphatic heterocycles. The van der Waals surface area contributed by atoms with Gasteiger partial charge in [0.05, 0.1) is 41.0 Å². The van der Waals surface area contributed by atoms with Crippen molar-refractivity contribution in [2.75, 3.05) is 30.8 Å². The van der Waals surface area contributed by atoms with Gasteiger partial charge in [-0.1, -0.05) is 60.7 Å². The van der Waals surface area contributed by atoms with Gasteiger partial charge in [-0.2, -0.15) is 10.2 Å². The number of aryl methyl sites for hydroxylation is 2. The van der Waals surface area contributed by atoms with Gasteiger partial charge in [0.2, 0.25) is 11.8 Å². The number of aromatic nitrogens is 4. The molecule has 16 heteroatoms. The summed E-state index contributed by atoms with van der Waals surface area (Å²) in [6, 6.07) is 35.0. The molecule has 0 bridgehead atoms. The number of anilines is 2. The number of carboxylic acids is 1. The fourth-order valence-corrected chi connectivity index (χ4v) is 9.65. The average molecular weight is 991 g/mol. The number of carboxylic acid groups (broad SMARTS) is 1. The fourth-order valence-electron chi connectivity index (χ4n) is 9.65. The Morgan fingerprint density at radius 2 is 0.932 bits per heavy atom. The summed E-state index contributed by atoms with van der Waals surface area (Å²) in [6.45, 7) is 4.02. The SMILES string of the molecule is COC(=O)CC1CCC(c2ccc(NC(=O)CCNC(=O)c3cn(-c4ccccc4)nc3C)cc2)CC1.Cc1nn(-c2ccccc2)cc1C(=O)NCCC(=O)Nc1ccc(C2CCC(CC(=O)O)CC2)cc1. The second-order valence-corrected chi connectivity index (χ2v) is 19.0. The molecule has 4 amide bonds. The van der Waals surface area contributed by atoms with Gasteiger partial charge in [-0.25, -0.2) is 9.36 Å². The monoisotopic (exact) mass is 991 g/mol. The highest BCUT2D eigenvalue weighted by Gasteiger charge is 2.26. The smallest absolute Gasteiger partial charge is 0.305 e. The van der Waals surface area contributed by atoms with Crippen LogP contribution in [-0.2, 0) is 23.9 Å². The normalized spacial score (nSPS) is 17.2. The van der Waals surface area contributed by atoms with Crippen molar-refractivity contribution in [2.45, 2.75) is 103 Å². The molecule has 2 fully saturated rings. The third kappa shape index (κ3) is 15.6. The molecule has 73 heavy (non-hydrogen) atoms. The van der Waals surface area contributed by atoms with E-state index in [-0.39, 0.29) is 67.9 Å². The summed E-state index contributed by atoms with van der Waals surface area (Å²) in [5, 5.41) is 29.2. The lowest BCUT2D eigenvalue weighted by atomic mass is 9.77. The van der Waals surface area contributed by atoms with Crippen LogP contribution >= 0.6 is 0 Å². The lowest BCUT2D eigenvalue weighted by Gasteiger charge is -2.28. The van der Waals surface area contributed by atoms with E-state index in [9.17, 15) is 28.8 Å². The Kier molecular flexibility index (Phi) is 18.9. The van der Waals surface area contributed by atoms with E-state index in [0.29, 0.717) is 46.7 Å². The molecule has 0 saturated heterocycles. The molecule has 6 aromatic rings. The zero-order valence-electron chi connectivity index (χ0n) is 41.8. The minimum atomic E-state index is -0.715. The zero-order valence-corrected chi connectivity index (χ0v) is 41.8. The number of nitrogens with zero attached hydrogens (tertiary/aromatic N) is 4. The van der Waals surface area contributed by atoms with E-state index < -0.39 is 5.97 Å². The molecular weight excluding hydrogens is 925 g/mol. The standard InChI is InChI=1S/C29H34N4O4.C28H32N4O4/c1-20-26(19-33(32-20)25-6-4-3-5-7-25)29(36)30-17-16-27(34)31-24-14-12-23(13-15-24)22-10-8-21(9-11-22)18-28(35)37-2;1-19-25(18-32(31-19)24-5-3-2-4-6-24)28(36)29-16-15-26(33)30-23-13-11-22(12-14-23)21-9-7-20(8-10-21)17-27(34)35/h3-7,12-15,19,21-22H,8-11,16-18H2,1-2H3,(H,30,36)(H,31,34);2-6,11-14,18,20-21H,7-10,15-17H2,1H3,(H,29,36)(H,30,33)(H,34,35). The second kappa shape index (κ2) is 26.0. The summed E-state index contributed by atoms with van der Waals surface area (Å²) in [6.07, 6.45) is 12.5. The van der Waals surface area contributed by atoms with Crippen molar-refractivity contribution in [1.82, 2.24) is 30.2 Å². The molecule has 2 aliphatic rings. The molecule has 2 aromatic heterocycles. The highest BCUT2D eigenvalue weighted by molar-refractivity contribution is 5.97. The number of rotatable bonds is 18. The number of benzene rings is 4. The molecular formula is C57H66N8O8. The number of ether oxygens (including phenoxy) is 1. The van der Waals surface area contributed by atoms with Crippen LogP contribution in [0.2, 0.25) is 0 Å². The Labute approximate surface area is 426 Å². The van der Waals surface area contributed by atoms with Gasteiger partial charge in [0.1, 0.15) is 0 Å². The summed E-state index contributed by atoms with van der Waals surface area (Å²) >= 11 is 0. The Balaban J connectivity index is 0.000000214. The summed E-state index contributed by atoms with van der Waals surface area (Å²) in [7, 11) is 1.44. The van der Waals surface area contributed by atoms with Crippen molar-refractivity contribution < 1.29 is 38.6 Å². The lowest BCUT2D eigenvalue weighted by molar-refractivity contribution is -0.142. The number of amides is 4. The van der Waals surface area contributed by atoms with Crippen LogP contribution in [0.5, 0.6) is 0 Å². The third-order valence-electron chi connectivity index (χ3n) is 13.8. The molecule has 4 aromatic carbocycles. The van der Waals surface area contributed by atoms with Crippen molar-refractivity contribution in [3.05, 3.63) is 155 Å². The van der Waals surface area contributed by atoms with E-state index in [0.717, 1.165) is 74.1 Å². The summed E-state index contributed by atoms with van der Waals surface area (Å²) in [5.41, 5.74) is 7.89. The number of esters is 1. The molecule has 0 radical (unpaired) electrons. The first kappa shape index (κ1) is 52.9. The molecule has 5 N–H and O–H groups in total. The average Bonchev–Trinajstić information content (AvgIpc) is 4.00. The minimum Gasteiger partial charge on any atom is -0.481 e. The highest BCUT2D eigenvalue weighted by atomic mass is 16.5. The summed E-state index contributed by atoms with van der Waals surface area (Å²) in [4.78, 5) is 72.4. The molecule has 2 aliphatic carbocycles. The topological polar surface area (TPSA) is 216 Å². The maximum absolute atomic E-state index is 12.6. The van der Waals surface area contributed by atoms with Crippen LogP contribution in [0.3, 0.4) is 0 Å². The Bertz CT molecular complexity index is 2790. The first-order valence-corrected chi connectivity index (χ1v) is 25.2. The van der Waals surface area contributed by atoms with E-state index in [4.69, 9.17) is 9.84 Å². The van der Waals surface area contributed by atoms with Gasteiger partial charge in [0.15, 0.2) is 0 Å². The largest absolute Gasteiger partial charge is 0.481 e. The Hall–Kier alpha value is -7.88. The van der Waals surface area contributed by atoms with Gasteiger partial charge in [0, 0.05) is 62.5 Å². The number of nitrogens with one attached hydrogen (secondary N) is 4. The molecule has 2 saturated carbocycles. The van der Waals surface area contributed by atoms with E-state index in [1.807, 2.05) is 97.1 Å². The predicted molar refractivity (Wildman–Crippen MR) is 279 cm³/mol. The number of para-hydroxylation sites is 2. The van der Waals surface area contributed by atoms with Gasteiger partial charge < -0.3 is 31.1 Å². The van der Waals surface area contributed by atoms with Crippen molar-refractivity contribution in [1.29, 1.82) is 0 Å². The van der Waals surface area contributed by atoms with Crippen LogP contribution in [0, 0.1) is 25.7 Å². The molecule has 8 rings (SSSR count). The van der Waals surface area contributed by atoms with Crippen LogP contribution in [0.25, 0.3) is 11.4 Å². The maximum Gasteiger partial charge on any atom is 0.305 e. The maximum atomic E-state index is 12.6. The fraction of sp³-hybridized carbons (Fsp3) is 0.368. The van der Waals surface area contributed by atoms with Gasteiger partial charge in [-0.15, -0.1) is 0 Å². The van der Waals surface area contributed by atoms with E-state index in [1.165, 1.54) is 18.2 Å². The number of carbonyl (C=O) groups excluding carboxylic acids is 5. The predicted octanol–water partition coefficient (Wildman–Crippen LogP) is 9.46. The number of aliphatic carboxylic acids is 1. The minimum absolute atomic E-state index is 0.127. The van der Waals surface area contributed by atoms with Crippen LogP contribution in [0.1, 0.15) is 132 Å². The van der Waals surface area contributed by atoms with Gasteiger partial charge >= 0.3 is 11.9 Å². The van der Waals surface area contributed by atoms with Gasteiger partial charge in [-0.05, 0) is 149 Å². The van der Waals surface area contributed by atoms with Crippen molar-refractivity contribution >= 4 is 46.9 Å². The second-order valence-electron chi connectivity index (χ2n) is 19.0. The summed E-state index contributed by atoms with van der Waals surface area (Å²) < 4.78 is 8.13. The molecule has 382 valence electrons. The Morgan fingerprint density at radius 3 is 1.30 bits per heavy atom. The zero-order chi connectivity index (χ0) is 51.7. The Morgan fingerprint density at radius 1 is 0.548 bits per heavy atom. The van der Waals surface area contributed by atoms with Crippen molar-refractivity contribution in [3.8, 4) is 11.4 Å². The first-order valence-electron chi connectivity index (χ1n) is 25.2. The number of hydrogen-bond donors (Lipinski definition) is 5. The molecule has 0 atom stereocenters. The lowest BCUT2D eigenvalue weighted by Crippen LogP contribution is -2.27. The number of hydrogen-bond acceptors (Lipinski definition) is 9. The van der Waals surface area contributed by atoms with Crippen LogP contribution in [0.4, 0.5) is 11.4 Å². The van der Waals surface area contributed by atoms with Crippen LogP contribution in [-0.4, -0.2) is 80.4 Å². The van der Waals surface area contributed by atoms with Crippen LogP contribution < -0.4 is 21.3 Å². The quantitative estimate of drug-likeness (QED) is 0.0514. The summed E-state index contributed by atoms with van der Waals surface area (Å²) in [5.74, 6) is -0.0865. The van der Waals surface area contributed by atoms with Crippen molar-refractivity contribution in [3.63, 3.8) is 0 Å². The molecule has 16 nitrogen and oxygen atoms in total. The van der Waals surface area contributed by atoms with Crippen molar-refractivity contribution in [2.24, 2.45) is 11.8 Å². The third-order valence-corrected chi connectivity index (χ3v) is 13.8. The molecule has 0 spiro atoms. The molecule has 0 unspecified atom stereocenters. The van der Waals surface area contributed by atoms with E-state index in [1.54, 1.807) is 35.6 Å². The number of carbonyl (C=O) groups is 6.